The molecule has 1 amide bonds. The van der Waals surface area contributed by atoms with Gasteiger partial charge in [-0.1, -0.05) is 30.3 Å². The van der Waals surface area contributed by atoms with E-state index in [1.54, 1.807) is 43.5 Å². The van der Waals surface area contributed by atoms with Gasteiger partial charge in [-0.3, -0.25) is 0 Å². The normalized spacial score (nSPS) is 15.0. The zero-order valence-electron chi connectivity index (χ0n) is 25.4. The molecule has 1 atom stereocenters. The fourth-order valence-electron chi connectivity index (χ4n) is 5.02. The fraction of sp³-hybridized carbons (Fsp3) is 0.303. The maximum atomic E-state index is 15.3. The van der Waals surface area contributed by atoms with Crippen LogP contribution in [0.3, 0.4) is 0 Å². The van der Waals surface area contributed by atoms with Gasteiger partial charge in [0.1, 0.15) is 23.1 Å². The molecule has 1 aliphatic heterocycles. The quantitative estimate of drug-likeness (QED) is 0.234. The van der Waals surface area contributed by atoms with Crippen molar-refractivity contribution in [2.75, 3.05) is 62.6 Å². The van der Waals surface area contributed by atoms with Gasteiger partial charge >= 0.3 is 6.09 Å². The molecule has 1 N–H and O–H groups in total. The summed E-state index contributed by atoms with van der Waals surface area (Å²) >= 11 is 0. The number of carbonyl (C=O) groups excluding carboxylic acids is 1. The lowest BCUT2D eigenvalue weighted by molar-refractivity contribution is 0.157. The predicted octanol–water partition coefficient (Wildman–Crippen LogP) is 6.03. The summed E-state index contributed by atoms with van der Waals surface area (Å²) in [6, 6.07) is 21.7. The van der Waals surface area contributed by atoms with Crippen molar-refractivity contribution in [3.63, 3.8) is 0 Å². The van der Waals surface area contributed by atoms with Crippen molar-refractivity contribution in [3.05, 3.63) is 90.4 Å². The largest absolute Gasteiger partial charge is 0.497 e. The minimum atomic E-state index is -0.647. The summed E-state index contributed by atoms with van der Waals surface area (Å²) in [7, 11) is 5.13. The Balaban J connectivity index is 1.39. The number of benzene rings is 3. The first kappa shape index (κ1) is 30.6. The first-order valence-electron chi connectivity index (χ1n) is 14.4. The number of halogens is 1. The van der Waals surface area contributed by atoms with Gasteiger partial charge in [0.25, 0.3) is 0 Å². The number of nitrogens with zero attached hydrogens (tertiary/aromatic N) is 5. The minimum Gasteiger partial charge on any atom is -0.497 e. The SMILES string of the molecule is COc1ccc(N(C(=O)OCCc2ccccc2)c2ccnc(Nc3ccc(N4CCN(C)C(C)C4)c(F)c3)n2)c(OC)c1. The molecule has 0 spiro atoms. The van der Waals surface area contributed by atoms with E-state index in [4.69, 9.17) is 14.2 Å². The van der Waals surface area contributed by atoms with E-state index >= 15 is 4.39 Å². The molecule has 2 heterocycles. The third-order valence-electron chi connectivity index (χ3n) is 7.64. The van der Waals surface area contributed by atoms with Crippen molar-refractivity contribution in [2.24, 2.45) is 0 Å². The van der Waals surface area contributed by atoms with Gasteiger partial charge in [-0.05, 0) is 49.9 Å². The second kappa shape index (κ2) is 14.0. The maximum Gasteiger partial charge on any atom is 0.420 e. The number of hydrogen-bond donors (Lipinski definition) is 1. The summed E-state index contributed by atoms with van der Waals surface area (Å²) < 4.78 is 31.9. The number of aromatic nitrogens is 2. The molecule has 230 valence electrons. The Kier molecular flexibility index (Phi) is 9.75. The first-order valence-corrected chi connectivity index (χ1v) is 14.4. The Morgan fingerprint density at radius 3 is 2.59 bits per heavy atom. The van der Waals surface area contributed by atoms with Crippen LogP contribution in [-0.2, 0) is 11.2 Å². The summed E-state index contributed by atoms with van der Waals surface area (Å²) in [5.74, 6) is 1.02. The fourth-order valence-corrected chi connectivity index (χ4v) is 5.02. The number of methoxy groups -OCH3 is 2. The van der Waals surface area contributed by atoms with E-state index in [-0.39, 0.29) is 24.2 Å². The lowest BCUT2D eigenvalue weighted by Crippen LogP contribution is -2.50. The number of rotatable bonds is 10. The number of nitrogens with one attached hydrogen (secondary N) is 1. The zero-order chi connectivity index (χ0) is 31.1. The Labute approximate surface area is 257 Å². The molecular formula is C33H37FN6O4. The maximum absolute atomic E-state index is 15.3. The average Bonchev–Trinajstić information content (AvgIpc) is 3.03. The highest BCUT2D eigenvalue weighted by molar-refractivity contribution is 5.97. The van der Waals surface area contributed by atoms with Crippen molar-refractivity contribution in [1.29, 1.82) is 0 Å². The third-order valence-corrected chi connectivity index (χ3v) is 7.64. The van der Waals surface area contributed by atoms with Gasteiger partial charge in [0.15, 0.2) is 0 Å². The molecule has 1 aromatic heterocycles. The molecule has 10 nitrogen and oxygen atoms in total. The van der Waals surface area contributed by atoms with Crippen LogP contribution in [0.4, 0.5) is 38.0 Å². The Bertz CT molecular complexity index is 1570. The molecule has 0 bridgehead atoms. The van der Waals surface area contributed by atoms with Crippen molar-refractivity contribution in [3.8, 4) is 11.5 Å². The summed E-state index contributed by atoms with van der Waals surface area (Å²) in [5, 5.41) is 3.07. The standard InChI is InChI=1S/C33H37FN6O4/c1-23-22-39(18-17-38(23)2)28-12-10-25(20-27(28)34)36-32-35-16-14-31(37-32)40(29-13-11-26(42-3)21-30(29)43-4)33(41)44-19-15-24-8-6-5-7-9-24/h5-14,16,20-21,23H,15,17-19,22H2,1-4H3,(H,35,36,37). The molecule has 0 aliphatic carbocycles. The molecule has 44 heavy (non-hydrogen) atoms. The highest BCUT2D eigenvalue weighted by Crippen LogP contribution is 2.37. The van der Waals surface area contributed by atoms with E-state index in [1.165, 1.54) is 24.3 Å². The van der Waals surface area contributed by atoms with Gasteiger partial charge < -0.3 is 29.3 Å². The number of likely N-dealkylation sites (N-methyl/N-ethyl adjacent to an activating group) is 1. The van der Waals surface area contributed by atoms with Crippen LogP contribution in [0.2, 0.25) is 0 Å². The monoisotopic (exact) mass is 600 g/mol. The Morgan fingerprint density at radius 1 is 1.05 bits per heavy atom. The minimum absolute atomic E-state index is 0.158. The van der Waals surface area contributed by atoms with Crippen LogP contribution in [-0.4, -0.2) is 74.5 Å². The summed E-state index contributed by atoms with van der Waals surface area (Å²) in [4.78, 5) is 28.1. The van der Waals surface area contributed by atoms with E-state index in [0.717, 1.165) is 25.2 Å². The molecule has 0 saturated carbocycles. The summed E-state index contributed by atoms with van der Waals surface area (Å²) in [6.07, 6.45) is 1.41. The van der Waals surface area contributed by atoms with E-state index in [0.29, 0.717) is 41.0 Å². The van der Waals surface area contributed by atoms with Crippen molar-refractivity contribution in [1.82, 2.24) is 14.9 Å². The van der Waals surface area contributed by atoms with Crippen LogP contribution < -0.4 is 24.6 Å². The predicted molar refractivity (Wildman–Crippen MR) is 169 cm³/mol. The number of hydrogen-bond acceptors (Lipinski definition) is 9. The number of amides is 1. The van der Waals surface area contributed by atoms with Gasteiger partial charge in [0, 0.05) is 56.1 Å². The Hall–Kier alpha value is -4.90. The Morgan fingerprint density at radius 2 is 1.86 bits per heavy atom. The molecule has 1 saturated heterocycles. The van der Waals surface area contributed by atoms with Crippen molar-refractivity contribution < 1.29 is 23.4 Å². The lowest BCUT2D eigenvalue weighted by atomic mass is 10.1. The molecule has 11 heteroatoms. The lowest BCUT2D eigenvalue weighted by Gasteiger charge is -2.39. The number of piperazine rings is 1. The molecule has 3 aromatic carbocycles. The van der Waals surface area contributed by atoms with Gasteiger partial charge in [0.05, 0.1) is 32.2 Å². The van der Waals surface area contributed by atoms with Crippen LogP contribution in [0.25, 0.3) is 0 Å². The second-order valence-corrected chi connectivity index (χ2v) is 10.5. The van der Waals surface area contributed by atoms with Gasteiger partial charge in [0.2, 0.25) is 5.95 Å². The zero-order valence-corrected chi connectivity index (χ0v) is 25.4. The topological polar surface area (TPSA) is 92.3 Å². The van der Waals surface area contributed by atoms with Crippen LogP contribution >= 0.6 is 0 Å². The summed E-state index contributed by atoms with van der Waals surface area (Å²) in [5.41, 5.74) is 2.48. The van der Waals surface area contributed by atoms with Gasteiger partial charge in [-0.25, -0.2) is 19.1 Å². The second-order valence-electron chi connectivity index (χ2n) is 10.5. The molecule has 1 aliphatic rings. The molecule has 0 radical (unpaired) electrons. The van der Waals surface area contributed by atoms with Crippen LogP contribution in [0.1, 0.15) is 12.5 Å². The average molecular weight is 601 g/mol. The van der Waals surface area contributed by atoms with E-state index in [2.05, 4.69) is 39.1 Å². The smallest absolute Gasteiger partial charge is 0.420 e. The highest BCUT2D eigenvalue weighted by Gasteiger charge is 2.26. The van der Waals surface area contributed by atoms with Crippen LogP contribution in [0.5, 0.6) is 11.5 Å². The van der Waals surface area contributed by atoms with E-state index < -0.39 is 6.09 Å². The molecule has 4 aromatic rings. The van der Waals surface area contributed by atoms with Crippen molar-refractivity contribution in [2.45, 2.75) is 19.4 Å². The summed E-state index contributed by atoms with van der Waals surface area (Å²) in [6.45, 7) is 4.66. The first-order chi connectivity index (χ1) is 21.4. The van der Waals surface area contributed by atoms with E-state index in [9.17, 15) is 4.79 Å². The molecule has 1 unspecified atom stereocenters. The van der Waals surface area contributed by atoms with Crippen LogP contribution in [0, 0.1) is 5.82 Å². The highest BCUT2D eigenvalue weighted by atomic mass is 19.1. The number of anilines is 5. The van der Waals surface area contributed by atoms with E-state index in [1.807, 2.05) is 30.3 Å². The third kappa shape index (κ3) is 7.17. The number of ether oxygens (including phenoxy) is 3. The van der Waals surface area contributed by atoms with Crippen LogP contribution in [0.15, 0.2) is 79.0 Å². The number of carbonyl (C=O) groups is 1. The van der Waals surface area contributed by atoms with Gasteiger partial charge in [-0.15, -0.1) is 0 Å². The molecule has 5 rings (SSSR count). The van der Waals surface area contributed by atoms with Crippen molar-refractivity contribution >= 4 is 34.9 Å². The molecule has 1 fully saturated rings. The van der Waals surface area contributed by atoms with Gasteiger partial charge in [-0.2, -0.15) is 4.98 Å². The molecular weight excluding hydrogens is 563 g/mol.